The van der Waals surface area contributed by atoms with Crippen LogP contribution in [-0.2, 0) is 25.9 Å². The number of hydrogen-bond donors (Lipinski definition) is 0. The number of methoxy groups -OCH3 is 1. The Labute approximate surface area is 199 Å². The number of ether oxygens (including phenoxy) is 2. The molecule has 0 aliphatic rings. The molecular weight excluding hydrogens is 408 g/mol. The van der Waals surface area contributed by atoms with Gasteiger partial charge in [-0.15, -0.1) is 0 Å². The van der Waals surface area contributed by atoms with Crippen LogP contribution < -0.4 is 9.47 Å². The van der Waals surface area contributed by atoms with Crippen LogP contribution in [0.4, 0.5) is 0 Å². The Morgan fingerprint density at radius 3 is 2.21 bits per heavy atom. The molecule has 0 fully saturated rings. The van der Waals surface area contributed by atoms with E-state index in [4.69, 9.17) is 14.5 Å². The van der Waals surface area contributed by atoms with Crippen molar-refractivity contribution >= 4 is 0 Å². The summed E-state index contributed by atoms with van der Waals surface area (Å²) in [7, 11) is 3.84. The molecule has 3 aromatic rings. The van der Waals surface area contributed by atoms with E-state index < -0.39 is 0 Å². The summed E-state index contributed by atoms with van der Waals surface area (Å²) in [6, 6.07) is 17.0. The second kappa shape index (κ2) is 11.3. The largest absolute Gasteiger partial charge is 0.497 e. The first kappa shape index (κ1) is 24.8. The monoisotopic (exact) mass is 446 g/mol. The number of pyridine rings is 1. The number of hydrogen-bond acceptors (Lipinski definition) is 4. The van der Waals surface area contributed by atoms with Gasteiger partial charge in [0.15, 0.2) is 0 Å². The highest BCUT2D eigenvalue weighted by Gasteiger charge is 2.18. The van der Waals surface area contributed by atoms with E-state index in [0.717, 1.165) is 54.4 Å². The molecule has 0 radical (unpaired) electrons. The average Bonchev–Trinajstić information content (AvgIpc) is 2.80. The molecular formula is C29H38N2O2. The molecule has 4 nitrogen and oxygen atoms in total. The van der Waals surface area contributed by atoms with Gasteiger partial charge < -0.3 is 9.47 Å². The van der Waals surface area contributed by atoms with Crippen molar-refractivity contribution in [2.45, 2.75) is 66.7 Å². The first-order valence-corrected chi connectivity index (χ1v) is 12.0. The molecule has 176 valence electrons. The van der Waals surface area contributed by atoms with Crippen molar-refractivity contribution in [3.63, 3.8) is 0 Å². The lowest BCUT2D eigenvalue weighted by molar-refractivity contribution is 0.232. The van der Waals surface area contributed by atoms with E-state index in [0.29, 0.717) is 0 Å². The van der Waals surface area contributed by atoms with Crippen molar-refractivity contribution in [1.29, 1.82) is 0 Å². The van der Waals surface area contributed by atoms with E-state index in [2.05, 4.69) is 83.0 Å². The second-order valence-electron chi connectivity index (χ2n) is 8.92. The molecule has 1 heterocycles. The quantitative estimate of drug-likeness (QED) is 0.351. The number of aromatic nitrogens is 1. The van der Waals surface area contributed by atoms with E-state index in [-0.39, 0.29) is 6.10 Å². The van der Waals surface area contributed by atoms with E-state index in [1.165, 1.54) is 22.3 Å². The minimum Gasteiger partial charge on any atom is -0.497 e. The summed E-state index contributed by atoms with van der Waals surface area (Å²) >= 11 is 0. The van der Waals surface area contributed by atoms with Crippen LogP contribution in [0.5, 0.6) is 11.5 Å². The molecule has 3 rings (SSSR count). The van der Waals surface area contributed by atoms with Crippen molar-refractivity contribution in [3.8, 4) is 22.8 Å². The molecule has 0 unspecified atom stereocenters. The number of benzene rings is 2. The van der Waals surface area contributed by atoms with Crippen molar-refractivity contribution < 1.29 is 9.47 Å². The first-order valence-electron chi connectivity index (χ1n) is 12.0. The molecule has 0 saturated heterocycles. The van der Waals surface area contributed by atoms with Gasteiger partial charge in [-0.3, -0.25) is 9.88 Å². The average molecular weight is 447 g/mol. The number of rotatable bonds is 10. The zero-order chi connectivity index (χ0) is 24.0. The van der Waals surface area contributed by atoms with Crippen molar-refractivity contribution in [2.24, 2.45) is 0 Å². The SMILES string of the molecule is CCc1cccc(CC)c1-c1cc(OC(C)C)c(CN(C)Cc2cccc(OC)c2)c(C)n1. The third-order valence-electron chi connectivity index (χ3n) is 5.92. The van der Waals surface area contributed by atoms with Crippen molar-refractivity contribution in [1.82, 2.24) is 9.88 Å². The molecule has 0 atom stereocenters. The van der Waals surface area contributed by atoms with Crippen LogP contribution in [0.3, 0.4) is 0 Å². The minimum atomic E-state index is 0.0918. The van der Waals surface area contributed by atoms with E-state index in [1.54, 1.807) is 7.11 Å². The van der Waals surface area contributed by atoms with E-state index in [9.17, 15) is 0 Å². The fourth-order valence-electron chi connectivity index (χ4n) is 4.33. The van der Waals surface area contributed by atoms with Gasteiger partial charge >= 0.3 is 0 Å². The Morgan fingerprint density at radius 1 is 0.939 bits per heavy atom. The van der Waals surface area contributed by atoms with Gasteiger partial charge in [0.2, 0.25) is 0 Å². The maximum atomic E-state index is 6.34. The normalized spacial score (nSPS) is 11.3. The second-order valence-corrected chi connectivity index (χ2v) is 8.92. The summed E-state index contributed by atoms with van der Waals surface area (Å²) < 4.78 is 11.7. The smallest absolute Gasteiger partial charge is 0.128 e. The van der Waals surface area contributed by atoms with Crippen LogP contribution in [0.15, 0.2) is 48.5 Å². The minimum absolute atomic E-state index is 0.0918. The maximum absolute atomic E-state index is 6.34. The summed E-state index contributed by atoms with van der Waals surface area (Å²) in [6.07, 6.45) is 2.05. The van der Waals surface area contributed by atoms with Gasteiger partial charge in [-0.05, 0) is 69.5 Å². The maximum Gasteiger partial charge on any atom is 0.128 e. The Balaban J connectivity index is 1.98. The molecule has 0 spiro atoms. The molecule has 0 aliphatic heterocycles. The zero-order valence-electron chi connectivity index (χ0n) is 21.2. The van der Waals surface area contributed by atoms with Gasteiger partial charge in [-0.1, -0.05) is 44.2 Å². The fraction of sp³-hybridized carbons (Fsp3) is 0.414. The van der Waals surface area contributed by atoms with Crippen LogP contribution in [0.25, 0.3) is 11.3 Å². The third kappa shape index (κ3) is 6.14. The van der Waals surface area contributed by atoms with Crippen LogP contribution >= 0.6 is 0 Å². The molecule has 0 N–H and O–H groups in total. The van der Waals surface area contributed by atoms with E-state index in [1.807, 2.05) is 12.1 Å². The number of aryl methyl sites for hydroxylation is 3. The predicted octanol–water partition coefficient (Wildman–Crippen LogP) is 6.61. The topological polar surface area (TPSA) is 34.6 Å². The Hall–Kier alpha value is -2.85. The molecule has 2 aromatic carbocycles. The third-order valence-corrected chi connectivity index (χ3v) is 5.92. The highest BCUT2D eigenvalue weighted by molar-refractivity contribution is 5.70. The summed E-state index contributed by atoms with van der Waals surface area (Å²) in [4.78, 5) is 7.38. The summed E-state index contributed by atoms with van der Waals surface area (Å²) in [5.41, 5.74) is 8.32. The summed E-state index contributed by atoms with van der Waals surface area (Å²) in [5.74, 6) is 1.81. The molecule has 0 saturated carbocycles. The summed E-state index contributed by atoms with van der Waals surface area (Å²) in [6.45, 7) is 12.3. The van der Waals surface area contributed by atoms with Gasteiger partial charge in [0, 0.05) is 36.0 Å². The molecule has 0 bridgehead atoms. The lowest BCUT2D eigenvalue weighted by atomic mass is 9.94. The zero-order valence-corrected chi connectivity index (χ0v) is 21.2. The first-order chi connectivity index (χ1) is 15.9. The fourth-order valence-corrected chi connectivity index (χ4v) is 4.33. The van der Waals surface area contributed by atoms with Gasteiger partial charge in [0.05, 0.1) is 18.9 Å². The van der Waals surface area contributed by atoms with Gasteiger partial charge in [-0.2, -0.15) is 0 Å². The lowest BCUT2D eigenvalue weighted by Gasteiger charge is -2.23. The highest BCUT2D eigenvalue weighted by atomic mass is 16.5. The Bertz CT molecular complexity index is 1050. The van der Waals surface area contributed by atoms with Gasteiger partial charge in [0.25, 0.3) is 0 Å². The molecule has 0 aliphatic carbocycles. The van der Waals surface area contributed by atoms with E-state index >= 15 is 0 Å². The van der Waals surface area contributed by atoms with Crippen molar-refractivity contribution in [3.05, 3.63) is 76.5 Å². The number of nitrogens with zero attached hydrogens (tertiary/aromatic N) is 2. The lowest BCUT2D eigenvalue weighted by Crippen LogP contribution is -2.20. The molecule has 33 heavy (non-hydrogen) atoms. The van der Waals surface area contributed by atoms with Gasteiger partial charge in [-0.25, -0.2) is 0 Å². The molecule has 0 amide bonds. The Morgan fingerprint density at radius 2 is 1.61 bits per heavy atom. The van der Waals surface area contributed by atoms with Crippen molar-refractivity contribution in [2.75, 3.05) is 14.2 Å². The standard InChI is InChI=1S/C29H38N2O2/c1-8-23-13-11-14-24(9-2)29(23)27-17-28(33-20(3)4)26(21(5)30-27)19-31(6)18-22-12-10-15-25(16-22)32-7/h10-17,20H,8-9,18-19H2,1-7H3. The summed E-state index contributed by atoms with van der Waals surface area (Å²) in [5, 5.41) is 0. The predicted molar refractivity (Wildman–Crippen MR) is 137 cm³/mol. The van der Waals surface area contributed by atoms with Gasteiger partial charge in [0.1, 0.15) is 11.5 Å². The molecule has 1 aromatic heterocycles. The van der Waals surface area contributed by atoms with Crippen LogP contribution in [-0.4, -0.2) is 30.1 Å². The van der Waals surface area contributed by atoms with Crippen LogP contribution in [0, 0.1) is 6.92 Å². The van der Waals surface area contributed by atoms with Crippen LogP contribution in [0.2, 0.25) is 0 Å². The molecule has 4 heteroatoms. The Kier molecular flexibility index (Phi) is 8.51. The highest BCUT2D eigenvalue weighted by Crippen LogP contribution is 2.34. The van der Waals surface area contributed by atoms with Crippen LogP contribution in [0.1, 0.15) is 55.6 Å².